The highest BCUT2D eigenvalue weighted by Gasteiger charge is 2.15. The molecule has 0 aliphatic carbocycles. The van der Waals surface area contributed by atoms with E-state index in [-0.39, 0.29) is 11.8 Å². The number of esters is 1. The van der Waals surface area contributed by atoms with Crippen LogP contribution in [0.25, 0.3) is 12.2 Å². The summed E-state index contributed by atoms with van der Waals surface area (Å²) in [6, 6.07) is 15.5. The van der Waals surface area contributed by atoms with Crippen molar-refractivity contribution in [1.82, 2.24) is 9.80 Å². The molecule has 1 aliphatic heterocycles. The van der Waals surface area contributed by atoms with E-state index < -0.39 is 5.60 Å². The Bertz CT molecular complexity index is 1030. The van der Waals surface area contributed by atoms with Gasteiger partial charge in [0.1, 0.15) is 5.60 Å². The molecule has 0 aromatic heterocycles. The summed E-state index contributed by atoms with van der Waals surface area (Å²) in [6.45, 7) is 10.6. The molecule has 174 valence electrons. The van der Waals surface area contributed by atoms with E-state index in [1.165, 1.54) is 6.08 Å². The van der Waals surface area contributed by atoms with E-state index in [1.807, 2.05) is 63.2 Å². The molecule has 5 heteroatoms. The van der Waals surface area contributed by atoms with Gasteiger partial charge in [0.05, 0.1) is 0 Å². The molecule has 0 bridgehead atoms. The maximum Gasteiger partial charge on any atom is 0.331 e. The van der Waals surface area contributed by atoms with Crippen LogP contribution in [0.15, 0.2) is 60.7 Å². The number of carbonyl (C=O) groups excluding carboxylic acids is 2. The van der Waals surface area contributed by atoms with Crippen LogP contribution in [0, 0.1) is 0 Å². The molecular weight excluding hydrogens is 412 g/mol. The monoisotopic (exact) mass is 446 g/mol. The third kappa shape index (κ3) is 8.44. The van der Waals surface area contributed by atoms with Crippen LogP contribution in [0.4, 0.5) is 0 Å². The van der Waals surface area contributed by atoms with Crippen molar-refractivity contribution in [3.63, 3.8) is 0 Å². The Balaban J connectivity index is 1.61. The van der Waals surface area contributed by atoms with E-state index in [1.54, 1.807) is 18.2 Å². The fourth-order valence-electron chi connectivity index (χ4n) is 3.62. The minimum Gasteiger partial charge on any atom is -0.457 e. The summed E-state index contributed by atoms with van der Waals surface area (Å²) in [7, 11) is 2.15. The van der Waals surface area contributed by atoms with Crippen LogP contribution in [0.1, 0.15) is 47.8 Å². The van der Waals surface area contributed by atoms with Gasteiger partial charge in [-0.05, 0) is 68.8 Å². The van der Waals surface area contributed by atoms with Gasteiger partial charge in [-0.1, -0.05) is 42.5 Å². The van der Waals surface area contributed by atoms with Crippen LogP contribution in [0.3, 0.4) is 0 Å². The maximum atomic E-state index is 12.8. The third-order valence-electron chi connectivity index (χ3n) is 5.37. The van der Waals surface area contributed by atoms with Crippen molar-refractivity contribution in [3.8, 4) is 0 Å². The van der Waals surface area contributed by atoms with Gasteiger partial charge in [-0.2, -0.15) is 0 Å². The van der Waals surface area contributed by atoms with Gasteiger partial charge in [0.15, 0.2) is 5.78 Å². The first-order chi connectivity index (χ1) is 15.7. The lowest BCUT2D eigenvalue weighted by Crippen LogP contribution is -2.43. The van der Waals surface area contributed by atoms with Crippen LogP contribution >= 0.6 is 0 Å². The molecule has 3 rings (SSSR count). The van der Waals surface area contributed by atoms with Gasteiger partial charge >= 0.3 is 5.97 Å². The van der Waals surface area contributed by atoms with Gasteiger partial charge in [-0.3, -0.25) is 9.69 Å². The zero-order chi connectivity index (χ0) is 23.8. The molecule has 1 saturated heterocycles. The van der Waals surface area contributed by atoms with Crippen molar-refractivity contribution in [2.75, 3.05) is 33.2 Å². The highest BCUT2D eigenvalue weighted by molar-refractivity contribution is 6.06. The molecule has 5 nitrogen and oxygen atoms in total. The summed E-state index contributed by atoms with van der Waals surface area (Å²) in [5, 5.41) is 0. The average Bonchev–Trinajstić information content (AvgIpc) is 2.77. The fourth-order valence-corrected chi connectivity index (χ4v) is 3.62. The number of rotatable bonds is 7. The van der Waals surface area contributed by atoms with E-state index in [0.29, 0.717) is 5.56 Å². The van der Waals surface area contributed by atoms with E-state index in [2.05, 4.69) is 22.9 Å². The van der Waals surface area contributed by atoms with Gasteiger partial charge in [-0.25, -0.2) is 4.79 Å². The lowest BCUT2D eigenvalue weighted by Gasteiger charge is -2.32. The number of piperazine rings is 1. The minimum atomic E-state index is -0.520. The first-order valence-electron chi connectivity index (χ1n) is 11.4. The van der Waals surface area contributed by atoms with Crippen molar-refractivity contribution in [2.24, 2.45) is 0 Å². The van der Waals surface area contributed by atoms with Crippen LogP contribution in [-0.2, 0) is 16.1 Å². The van der Waals surface area contributed by atoms with E-state index >= 15 is 0 Å². The summed E-state index contributed by atoms with van der Waals surface area (Å²) in [5.74, 6) is -0.403. The summed E-state index contributed by atoms with van der Waals surface area (Å²) in [4.78, 5) is 29.4. The number of hydrogen-bond acceptors (Lipinski definition) is 5. The number of ether oxygens (including phenoxy) is 1. The molecule has 0 saturated carbocycles. The van der Waals surface area contributed by atoms with Crippen LogP contribution in [-0.4, -0.2) is 60.4 Å². The second kappa shape index (κ2) is 11.2. The second-order valence-electron chi connectivity index (χ2n) is 9.51. The van der Waals surface area contributed by atoms with E-state index in [9.17, 15) is 9.59 Å². The zero-order valence-corrected chi connectivity index (χ0v) is 20.1. The first kappa shape index (κ1) is 24.6. The van der Waals surface area contributed by atoms with Gasteiger partial charge in [0.25, 0.3) is 0 Å². The fraction of sp³-hybridized carbons (Fsp3) is 0.357. The number of carbonyl (C=O) groups is 2. The molecule has 2 aromatic rings. The lowest BCUT2D eigenvalue weighted by molar-refractivity contribution is -0.148. The number of benzene rings is 2. The molecule has 0 unspecified atom stereocenters. The number of ketones is 1. The summed E-state index contributed by atoms with van der Waals surface area (Å²) in [6.07, 6.45) is 6.55. The molecule has 0 atom stereocenters. The quantitative estimate of drug-likeness (QED) is 0.351. The average molecular weight is 447 g/mol. The Morgan fingerprint density at radius 3 is 2.21 bits per heavy atom. The van der Waals surface area contributed by atoms with Gasteiger partial charge in [0, 0.05) is 44.4 Å². The third-order valence-corrected chi connectivity index (χ3v) is 5.37. The Hall–Kier alpha value is -3.02. The van der Waals surface area contributed by atoms with Crippen LogP contribution < -0.4 is 0 Å². The van der Waals surface area contributed by atoms with E-state index in [4.69, 9.17) is 4.74 Å². The van der Waals surface area contributed by atoms with Crippen LogP contribution in [0.2, 0.25) is 0 Å². The molecule has 0 N–H and O–H groups in total. The number of likely N-dealkylation sites (N-methyl/N-ethyl adjacent to an activating group) is 1. The highest BCUT2D eigenvalue weighted by Crippen LogP contribution is 2.14. The maximum absolute atomic E-state index is 12.8. The van der Waals surface area contributed by atoms with Crippen molar-refractivity contribution < 1.29 is 14.3 Å². The standard InChI is InChI=1S/C28H34N2O3/c1-28(2,3)33-27(32)14-12-23-8-5-7-22(19-23)11-13-26(31)25-10-6-9-24(20-25)21-30-17-15-29(4)16-18-30/h5-14,19-20H,15-18,21H2,1-4H3/b13-11+,14-12+. The molecule has 33 heavy (non-hydrogen) atoms. The molecule has 0 radical (unpaired) electrons. The molecule has 1 aliphatic rings. The van der Waals surface area contributed by atoms with E-state index in [0.717, 1.165) is 49.4 Å². The lowest BCUT2D eigenvalue weighted by atomic mass is 10.0. The Labute approximate surface area is 197 Å². The highest BCUT2D eigenvalue weighted by atomic mass is 16.6. The Kier molecular flexibility index (Phi) is 8.37. The van der Waals surface area contributed by atoms with Gasteiger partial charge in [0.2, 0.25) is 0 Å². The molecule has 1 heterocycles. The van der Waals surface area contributed by atoms with Crippen molar-refractivity contribution in [2.45, 2.75) is 32.9 Å². The first-order valence-corrected chi connectivity index (χ1v) is 11.4. The molecule has 2 aromatic carbocycles. The number of hydrogen-bond donors (Lipinski definition) is 0. The van der Waals surface area contributed by atoms with Crippen molar-refractivity contribution in [3.05, 3.63) is 82.9 Å². The largest absolute Gasteiger partial charge is 0.457 e. The molecular formula is C28H34N2O3. The summed E-state index contributed by atoms with van der Waals surface area (Å²) >= 11 is 0. The second-order valence-corrected chi connectivity index (χ2v) is 9.51. The summed E-state index contributed by atoms with van der Waals surface area (Å²) < 4.78 is 5.29. The summed E-state index contributed by atoms with van der Waals surface area (Å²) in [5.41, 5.74) is 3.09. The molecule has 0 amide bonds. The number of nitrogens with zero attached hydrogens (tertiary/aromatic N) is 2. The van der Waals surface area contributed by atoms with Gasteiger partial charge < -0.3 is 9.64 Å². The topological polar surface area (TPSA) is 49.9 Å². The SMILES string of the molecule is CN1CCN(Cc2cccc(C(=O)/C=C/c3cccc(/C=C/C(=O)OC(C)(C)C)c3)c2)CC1. The Morgan fingerprint density at radius 1 is 0.909 bits per heavy atom. The predicted molar refractivity (Wildman–Crippen MR) is 134 cm³/mol. The zero-order valence-electron chi connectivity index (χ0n) is 20.1. The van der Waals surface area contributed by atoms with Gasteiger partial charge in [-0.15, -0.1) is 0 Å². The van der Waals surface area contributed by atoms with Crippen molar-refractivity contribution in [1.29, 1.82) is 0 Å². The normalized spacial score (nSPS) is 15.9. The molecule has 1 fully saturated rings. The molecule has 0 spiro atoms. The Morgan fingerprint density at radius 2 is 1.55 bits per heavy atom. The minimum absolute atomic E-state index is 0.0232. The predicted octanol–water partition coefficient (Wildman–Crippen LogP) is 4.69. The smallest absolute Gasteiger partial charge is 0.331 e. The number of allylic oxidation sites excluding steroid dienone is 1. The van der Waals surface area contributed by atoms with Crippen molar-refractivity contribution >= 4 is 23.9 Å². The van der Waals surface area contributed by atoms with Crippen LogP contribution in [0.5, 0.6) is 0 Å².